The van der Waals surface area contributed by atoms with E-state index in [9.17, 15) is 14.0 Å². The van der Waals surface area contributed by atoms with Gasteiger partial charge in [-0.3, -0.25) is 9.59 Å². The van der Waals surface area contributed by atoms with Crippen molar-refractivity contribution in [1.29, 1.82) is 0 Å². The minimum Gasteiger partial charge on any atom is -0.328 e. The van der Waals surface area contributed by atoms with Crippen molar-refractivity contribution in [2.45, 2.75) is 18.3 Å². The van der Waals surface area contributed by atoms with E-state index in [1.807, 2.05) is 0 Å². The van der Waals surface area contributed by atoms with Gasteiger partial charge in [0.1, 0.15) is 23.4 Å². The van der Waals surface area contributed by atoms with Gasteiger partial charge < -0.3 is 10.2 Å². The van der Waals surface area contributed by atoms with Crippen LogP contribution in [0.2, 0.25) is 0 Å². The number of amides is 2. The van der Waals surface area contributed by atoms with E-state index in [0.717, 1.165) is 12.8 Å². The first kappa shape index (κ1) is 17.3. The molecular formula is C19H15BrFN5O2. The molecule has 0 radical (unpaired) electrons. The van der Waals surface area contributed by atoms with E-state index in [1.165, 1.54) is 4.90 Å². The van der Waals surface area contributed by atoms with Crippen molar-refractivity contribution in [3.8, 4) is 0 Å². The lowest BCUT2D eigenvalue weighted by molar-refractivity contribution is -0.117. The van der Waals surface area contributed by atoms with Gasteiger partial charge in [-0.15, -0.1) is 0 Å². The third kappa shape index (κ3) is 2.69. The number of hydrogen-bond acceptors (Lipinski definition) is 4. The van der Waals surface area contributed by atoms with Gasteiger partial charge in [0.2, 0.25) is 5.91 Å². The quantitative estimate of drug-likeness (QED) is 0.650. The van der Waals surface area contributed by atoms with Gasteiger partial charge in [0, 0.05) is 28.8 Å². The zero-order chi connectivity index (χ0) is 19.5. The van der Waals surface area contributed by atoms with Gasteiger partial charge in [-0.05, 0) is 59.1 Å². The first-order valence-corrected chi connectivity index (χ1v) is 9.64. The standard InChI is InChI=1S/C19H15BrFN5O2/c20-12-3-2-11-16(17(12)21)19(5-6-19)9-26(18(11)28)8-15(27)22-10-1-4-13-14(7-10)24-25-23-13/h1-4,7H,5-6,8-9H2,(H,22,27)(H,23,24,25). The molecule has 2 heterocycles. The Balaban J connectivity index is 1.37. The molecule has 1 spiro atoms. The van der Waals surface area contributed by atoms with E-state index in [1.54, 1.807) is 30.3 Å². The molecule has 1 aliphatic carbocycles. The van der Waals surface area contributed by atoms with Crippen LogP contribution in [-0.2, 0) is 10.2 Å². The summed E-state index contributed by atoms with van der Waals surface area (Å²) in [7, 11) is 0. The zero-order valence-electron chi connectivity index (χ0n) is 14.6. The van der Waals surface area contributed by atoms with Crippen molar-refractivity contribution >= 4 is 44.5 Å². The van der Waals surface area contributed by atoms with Gasteiger partial charge in [0.05, 0.1) is 4.47 Å². The molecule has 2 amide bonds. The molecule has 1 saturated carbocycles. The summed E-state index contributed by atoms with van der Waals surface area (Å²) in [5.41, 5.74) is 2.37. The van der Waals surface area contributed by atoms with E-state index < -0.39 is 0 Å². The molecule has 2 aliphatic rings. The number of fused-ring (bicyclic) bond motifs is 3. The maximum absolute atomic E-state index is 14.7. The Morgan fingerprint density at radius 3 is 2.82 bits per heavy atom. The molecule has 0 saturated heterocycles. The third-order valence-electron chi connectivity index (χ3n) is 5.42. The number of anilines is 1. The third-order valence-corrected chi connectivity index (χ3v) is 6.04. The molecule has 3 aromatic rings. The average Bonchev–Trinajstić information content (AvgIpc) is 3.27. The van der Waals surface area contributed by atoms with E-state index >= 15 is 0 Å². The summed E-state index contributed by atoms with van der Waals surface area (Å²) in [4.78, 5) is 26.9. The second-order valence-corrected chi connectivity index (χ2v) is 8.16. The number of benzene rings is 2. The Hall–Kier alpha value is -2.81. The second kappa shape index (κ2) is 6.10. The van der Waals surface area contributed by atoms with Gasteiger partial charge >= 0.3 is 0 Å². The number of hydrogen-bond donors (Lipinski definition) is 2. The average molecular weight is 444 g/mol. The summed E-state index contributed by atoms with van der Waals surface area (Å²) in [6.07, 6.45) is 1.61. The Labute approximate surface area is 167 Å². The molecule has 28 heavy (non-hydrogen) atoms. The maximum Gasteiger partial charge on any atom is 0.254 e. The van der Waals surface area contributed by atoms with Gasteiger partial charge in [0.15, 0.2) is 0 Å². The monoisotopic (exact) mass is 443 g/mol. The number of halogens is 2. The lowest BCUT2D eigenvalue weighted by Gasteiger charge is -2.34. The van der Waals surface area contributed by atoms with Crippen molar-refractivity contribution in [3.05, 3.63) is 51.7 Å². The van der Waals surface area contributed by atoms with E-state index in [2.05, 4.69) is 36.7 Å². The molecule has 2 aromatic carbocycles. The predicted octanol–water partition coefficient (Wildman–Crippen LogP) is 2.99. The van der Waals surface area contributed by atoms with Crippen LogP contribution in [0.15, 0.2) is 34.8 Å². The van der Waals surface area contributed by atoms with Crippen LogP contribution in [0.25, 0.3) is 11.0 Å². The molecule has 7 nitrogen and oxygen atoms in total. The normalized spacial score (nSPS) is 17.1. The molecule has 1 aliphatic heterocycles. The summed E-state index contributed by atoms with van der Waals surface area (Å²) in [5, 5.41) is 13.3. The van der Waals surface area contributed by atoms with Crippen LogP contribution >= 0.6 is 15.9 Å². The summed E-state index contributed by atoms with van der Waals surface area (Å²) in [6, 6.07) is 8.35. The summed E-state index contributed by atoms with van der Waals surface area (Å²) in [6.45, 7) is 0.260. The van der Waals surface area contributed by atoms with Crippen LogP contribution in [0.3, 0.4) is 0 Å². The number of nitrogens with zero attached hydrogens (tertiary/aromatic N) is 3. The minimum absolute atomic E-state index is 0.0887. The fourth-order valence-corrected chi connectivity index (χ4v) is 4.24. The van der Waals surface area contributed by atoms with Crippen molar-refractivity contribution < 1.29 is 14.0 Å². The van der Waals surface area contributed by atoms with Crippen LogP contribution in [-0.4, -0.2) is 45.2 Å². The molecule has 1 fully saturated rings. The number of H-pyrrole nitrogens is 1. The molecule has 142 valence electrons. The van der Waals surface area contributed by atoms with Gasteiger partial charge in [-0.2, -0.15) is 15.4 Å². The van der Waals surface area contributed by atoms with E-state index in [-0.39, 0.29) is 29.6 Å². The molecule has 9 heteroatoms. The van der Waals surface area contributed by atoms with Crippen molar-refractivity contribution in [2.24, 2.45) is 0 Å². The highest BCUT2D eigenvalue weighted by Gasteiger charge is 2.53. The van der Waals surface area contributed by atoms with Gasteiger partial charge in [-0.1, -0.05) is 0 Å². The molecule has 5 rings (SSSR count). The van der Waals surface area contributed by atoms with Crippen LogP contribution in [0.4, 0.5) is 10.1 Å². The number of nitrogens with one attached hydrogen (secondary N) is 2. The van der Waals surface area contributed by atoms with Gasteiger partial charge in [0.25, 0.3) is 5.91 Å². The second-order valence-electron chi connectivity index (χ2n) is 7.30. The molecule has 0 atom stereocenters. The molecule has 2 N–H and O–H groups in total. The van der Waals surface area contributed by atoms with E-state index in [4.69, 9.17) is 0 Å². The Bertz CT molecular complexity index is 1140. The minimum atomic E-state index is -0.378. The Morgan fingerprint density at radius 2 is 2.04 bits per heavy atom. The topological polar surface area (TPSA) is 91.0 Å². The number of aromatic nitrogens is 3. The SMILES string of the molecule is O=C(CN1CC2(CC2)c2c(ccc(Br)c2F)C1=O)Nc1ccc2n[nH]nc2c1. The van der Waals surface area contributed by atoms with Crippen LogP contribution in [0, 0.1) is 5.82 Å². The first-order valence-electron chi connectivity index (χ1n) is 8.85. The first-order chi connectivity index (χ1) is 13.5. The fraction of sp³-hybridized carbons (Fsp3) is 0.263. The number of carbonyl (C=O) groups excluding carboxylic acids is 2. The molecule has 0 unspecified atom stereocenters. The highest BCUT2D eigenvalue weighted by molar-refractivity contribution is 9.10. The largest absolute Gasteiger partial charge is 0.328 e. The van der Waals surface area contributed by atoms with Crippen molar-refractivity contribution in [2.75, 3.05) is 18.4 Å². The van der Waals surface area contributed by atoms with Crippen molar-refractivity contribution in [1.82, 2.24) is 20.3 Å². The fourth-order valence-electron chi connectivity index (χ4n) is 3.91. The van der Waals surface area contributed by atoms with Crippen molar-refractivity contribution in [3.63, 3.8) is 0 Å². The number of aromatic amines is 1. The molecule has 1 aromatic heterocycles. The predicted molar refractivity (Wildman–Crippen MR) is 103 cm³/mol. The smallest absolute Gasteiger partial charge is 0.254 e. The van der Waals surface area contributed by atoms with E-state index in [0.29, 0.717) is 38.9 Å². The number of rotatable bonds is 3. The molecule has 0 bridgehead atoms. The Kier molecular flexibility index (Phi) is 3.77. The summed E-state index contributed by atoms with van der Waals surface area (Å²) in [5.74, 6) is -0.998. The highest BCUT2D eigenvalue weighted by atomic mass is 79.9. The lowest BCUT2D eigenvalue weighted by Crippen LogP contribution is -2.47. The van der Waals surface area contributed by atoms with Gasteiger partial charge in [-0.25, -0.2) is 4.39 Å². The Morgan fingerprint density at radius 1 is 1.25 bits per heavy atom. The highest BCUT2D eigenvalue weighted by Crippen LogP contribution is 2.53. The summed E-state index contributed by atoms with van der Waals surface area (Å²) < 4.78 is 15.0. The van der Waals surface area contributed by atoms with Crippen LogP contribution in [0.1, 0.15) is 28.8 Å². The molecular weight excluding hydrogens is 429 g/mol. The zero-order valence-corrected chi connectivity index (χ0v) is 16.2. The van der Waals surface area contributed by atoms with Crippen LogP contribution < -0.4 is 5.32 Å². The maximum atomic E-state index is 14.7. The van der Waals surface area contributed by atoms with Crippen LogP contribution in [0.5, 0.6) is 0 Å². The number of carbonyl (C=O) groups is 2. The summed E-state index contributed by atoms with van der Waals surface area (Å²) >= 11 is 3.20. The lowest BCUT2D eigenvalue weighted by atomic mass is 9.86.